The van der Waals surface area contributed by atoms with E-state index >= 15 is 0 Å². The zero-order valence-electron chi connectivity index (χ0n) is 13.0. The fraction of sp³-hybridized carbons (Fsp3) is 0.316. The first kappa shape index (κ1) is 14.6. The lowest BCUT2D eigenvalue weighted by atomic mass is 10.1. The number of aryl methyl sites for hydroxylation is 1. The van der Waals surface area contributed by atoms with E-state index < -0.39 is 0 Å². The summed E-state index contributed by atoms with van der Waals surface area (Å²) >= 11 is 0. The number of para-hydroxylation sites is 1. The average Bonchev–Trinajstić information content (AvgIpc) is 2.99. The number of hydrogen-bond acceptors (Lipinski definition) is 2. The number of anilines is 1. The van der Waals surface area contributed by atoms with Gasteiger partial charge in [-0.3, -0.25) is 4.79 Å². The maximum Gasteiger partial charge on any atom is 0.224 e. The third kappa shape index (κ3) is 3.48. The molecule has 0 aromatic heterocycles. The van der Waals surface area contributed by atoms with Crippen LogP contribution in [0, 0.1) is 6.92 Å². The number of hydrogen-bond donors (Lipinski definition) is 1. The Morgan fingerprint density at radius 1 is 1.14 bits per heavy atom. The van der Waals surface area contributed by atoms with E-state index in [0.29, 0.717) is 6.42 Å². The summed E-state index contributed by atoms with van der Waals surface area (Å²) < 4.78 is 0. The van der Waals surface area contributed by atoms with Crippen LogP contribution in [-0.2, 0) is 11.2 Å². The Bertz CT molecular complexity index is 639. The van der Waals surface area contributed by atoms with Crippen molar-refractivity contribution in [3.8, 4) is 0 Å². The van der Waals surface area contributed by atoms with Crippen molar-refractivity contribution < 1.29 is 4.79 Å². The lowest BCUT2D eigenvalue weighted by molar-refractivity contribution is -0.121. The number of nitrogens with zero attached hydrogens (tertiary/aromatic N) is 1. The summed E-state index contributed by atoms with van der Waals surface area (Å²) in [6.45, 7) is 3.94. The van der Waals surface area contributed by atoms with E-state index in [9.17, 15) is 4.79 Å². The second-order valence-corrected chi connectivity index (χ2v) is 5.94. The highest BCUT2D eigenvalue weighted by Crippen LogP contribution is 2.19. The first-order chi connectivity index (χ1) is 10.7. The van der Waals surface area contributed by atoms with E-state index in [-0.39, 0.29) is 11.9 Å². The molecule has 3 heteroatoms. The van der Waals surface area contributed by atoms with Crippen LogP contribution in [0.15, 0.2) is 54.6 Å². The van der Waals surface area contributed by atoms with Gasteiger partial charge >= 0.3 is 0 Å². The maximum absolute atomic E-state index is 12.2. The van der Waals surface area contributed by atoms with E-state index in [4.69, 9.17) is 0 Å². The molecule has 1 unspecified atom stereocenters. The van der Waals surface area contributed by atoms with Crippen molar-refractivity contribution in [1.29, 1.82) is 0 Å². The molecule has 3 rings (SSSR count). The standard InChI is InChI=1S/C19H22N2O/c1-15-7-5-6-8-16(15)13-19(22)20-17-11-12-21(14-17)18-9-3-2-4-10-18/h2-10,17H,11-14H2,1H3,(H,20,22). The first-order valence-corrected chi connectivity index (χ1v) is 7.86. The molecule has 1 atom stereocenters. The Hall–Kier alpha value is -2.29. The summed E-state index contributed by atoms with van der Waals surface area (Å²) in [5.74, 6) is 0.120. The van der Waals surface area contributed by atoms with Gasteiger partial charge in [0.25, 0.3) is 0 Å². The topological polar surface area (TPSA) is 32.3 Å². The summed E-state index contributed by atoms with van der Waals surface area (Å²) in [6, 6.07) is 18.7. The molecular formula is C19H22N2O. The molecule has 2 aromatic rings. The van der Waals surface area contributed by atoms with Gasteiger partial charge in [-0.05, 0) is 36.6 Å². The summed E-state index contributed by atoms with van der Waals surface area (Å²) in [5.41, 5.74) is 3.52. The molecule has 1 aliphatic heterocycles. The maximum atomic E-state index is 12.2. The number of carbonyl (C=O) groups excluding carboxylic acids is 1. The molecule has 1 aliphatic rings. The van der Waals surface area contributed by atoms with Crippen molar-refractivity contribution in [2.24, 2.45) is 0 Å². The molecule has 0 spiro atoms. The SMILES string of the molecule is Cc1ccccc1CC(=O)NC1CCN(c2ccccc2)C1. The average molecular weight is 294 g/mol. The molecule has 2 aromatic carbocycles. The van der Waals surface area contributed by atoms with E-state index in [1.807, 2.05) is 24.3 Å². The Balaban J connectivity index is 1.54. The highest BCUT2D eigenvalue weighted by Gasteiger charge is 2.23. The molecule has 3 nitrogen and oxygen atoms in total. The number of amides is 1. The zero-order chi connectivity index (χ0) is 15.4. The predicted octanol–water partition coefficient (Wildman–Crippen LogP) is 2.93. The van der Waals surface area contributed by atoms with Gasteiger partial charge in [0.15, 0.2) is 0 Å². The van der Waals surface area contributed by atoms with E-state index in [1.165, 1.54) is 11.3 Å². The smallest absolute Gasteiger partial charge is 0.224 e. The molecule has 1 fully saturated rings. The van der Waals surface area contributed by atoms with Gasteiger partial charge in [0.05, 0.1) is 6.42 Å². The summed E-state index contributed by atoms with van der Waals surface area (Å²) in [5, 5.41) is 3.17. The summed E-state index contributed by atoms with van der Waals surface area (Å²) in [7, 11) is 0. The minimum absolute atomic E-state index is 0.120. The fourth-order valence-corrected chi connectivity index (χ4v) is 3.01. The predicted molar refractivity (Wildman–Crippen MR) is 90.1 cm³/mol. The molecule has 1 heterocycles. The van der Waals surface area contributed by atoms with Crippen molar-refractivity contribution in [3.05, 3.63) is 65.7 Å². The Labute approximate surface area is 132 Å². The van der Waals surface area contributed by atoms with Gasteiger partial charge in [-0.2, -0.15) is 0 Å². The minimum Gasteiger partial charge on any atom is -0.369 e. The normalized spacial score (nSPS) is 17.5. The van der Waals surface area contributed by atoms with Crippen molar-refractivity contribution in [1.82, 2.24) is 5.32 Å². The molecule has 114 valence electrons. The van der Waals surface area contributed by atoms with Crippen LogP contribution in [0.2, 0.25) is 0 Å². The van der Waals surface area contributed by atoms with Crippen LogP contribution in [0.4, 0.5) is 5.69 Å². The van der Waals surface area contributed by atoms with Gasteiger partial charge in [-0.25, -0.2) is 0 Å². The molecule has 0 bridgehead atoms. The Kier molecular flexibility index (Phi) is 4.42. The molecule has 1 amide bonds. The second-order valence-electron chi connectivity index (χ2n) is 5.94. The largest absolute Gasteiger partial charge is 0.369 e. The summed E-state index contributed by atoms with van der Waals surface area (Å²) in [6.07, 6.45) is 1.48. The third-order valence-corrected chi connectivity index (χ3v) is 4.29. The van der Waals surface area contributed by atoms with Gasteiger partial charge in [-0.1, -0.05) is 42.5 Å². The van der Waals surface area contributed by atoms with Gasteiger partial charge in [0.1, 0.15) is 0 Å². The molecule has 0 saturated carbocycles. The van der Waals surface area contributed by atoms with Gasteiger partial charge in [0, 0.05) is 24.8 Å². The molecule has 0 aliphatic carbocycles. The highest BCUT2D eigenvalue weighted by molar-refractivity contribution is 5.79. The van der Waals surface area contributed by atoms with E-state index in [2.05, 4.69) is 47.5 Å². The monoisotopic (exact) mass is 294 g/mol. The van der Waals surface area contributed by atoms with Crippen LogP contribution in [0.5, 0.6) is 0 Å². The molecule has 1 N–H and O–H groups in total. The summed E-state index contributed by atoms with van der Waals surface area (Å²) in [4.78, 5) is 14.6. The van der Waals surface area contributed by atoms with Crippen LogP contribution < -0.4 is 10.2 Å². The lowest BCUT2D eigenvalue weighted by Crippen LogP contribution is -2.38. The number of benzene rings is 2. The van der Waals surface area contributed by atoms with Crippen molar-refractivity contribution in [2.75, 3.05) is 18.0 Å². The van der Waals surface area contributed by atoms with Crippen LogP contribution >= 0.6 is 0 Å². The number of rotatable bonds is 4. The molecular weight excluding hydrogens is 272 g/mol. The number of nitrogens with one attached hydrogen (secondary N) is 1. The minimum atomic E-state index is 0.120. The van der Waals surface area contributed by atoms with Crippen LogP contribution in [0.3, 0.4) is 0 Å². The first-order valence-electron chi connectivity index (χ1n) is 7.86. The van der Waals surface area contributed by atoms with Crippen LogP contribution in [0.25, 0.3) is 0 Å². The van der Waals surface area contributed by atoms with E-state index in [0.717, 1.165) is 25.1 Å². The van der Waals surface area contributed by atoms with Crippen LogP contribution in [0.1, 0.15) is 17.5 Å². The van der Waals surface area contributed by atoms with Gasteiger partial charge < -0.3 is 10.2 Å². The van der Waals surface area contributed by atoms with Crippen molar-refractivity contribution in [2.45, 2.75) is 25.8 Å². The van der Waals surface area contributed by atoms with Gasteiger partial charge in [0.2, 0.25) is 5.91 Å². The molecule has 0 radical (unpaired) electrons. The Morgan fingerprint density at radius 3 is 2.64 bits per heavy atom. The number of carbonyl (C=O) groups is 1. The fourth-order valence-electron chi connectivity index (χ4n) is 3.01. The van der Waals surface area contributed by atoms with Crippen molar-refractivity contribution in [3.63, 3.8) is 0 Å². The van der Waals surface area contributed by atoms with Crippen molar-refractivity contribution >= 4 is 11.6 Å². The highest BCUT2D eigenvalue weighted by atomic mass is 16.1. The second kappa shape index (κ2) is 6.65. The third-order valence-electron chi connectivity index (χ3n) is 4.29. The van der Waals surface area contributed by atoms with Crippen LogP contribution in [-0.4, -0.2) is 25.0 Å². The lowest BCUT2D eigenvalue weighted by Gasteiger charge is -2.19. The Morgan fingerprint density at radius 2 is 1.86 bits per heavy atom. The quantitative estimate of drug-likeness (QED) is 0.940. The molecule has 1 saturated heterocycles. The van der Waals surface area contributed by atoms with E-state index in [1.54, 1.807) is 0 Å². The van der Waals surface area contributed by atoms with Gasteiger partial charge in [-0.15, -0.1) is 0 Å². The zero-order valence-corrected chi connectivity index (χ0v) is 13.0. The molecule has 22 heavy (non-hydrogen) atoms.